The highest BCUT2D eigenvalue weighted by Crippen LogP contribution is 2.35. The van der Waals surface area contributed by atoms with Gasteiger partial charge in [0, 0.05) is 12.5 Å². The van der Waals surface area contributed by atoms with Crippen LogP contribution in [0.15, 0.2) is 13.6 Å². The van der Waals surface area contributed by atoms with E-state index < -0.39 is 17.6 Å². The van der Waals surface area contributed by atoms with Crippen LogP contribution in [0.4, 0.5) is 8.78 Å². The lowest BCUT2D eigenvalue weighted by Crippen LogP contribution is -2.29. The molecule has 84 valence electrons. The Kier molecular flexibility index (Phi) is 4.06. The molecule has 0 radical (unpaired) electrons. The standard InChI is InChI=1S/C9H8Br2F2OS/c1-4(9(2,12)13)7(14)5-3-6(10)15-8(5)11/h3-4H,1-2H3. The van der Waals surface area contributed by atoms with E-state index in [4.69, 9.17) is 0 Å². The molecule has 1 aromatic heterocycles. The highest BCUT2D eigenvalue weighted by Gasteiger charge is 2.37. The minimum atomic E-state index is -3.00. The van der Waals surface area contributed by atoms with Gasteiger partial charge in [0.2, 0.25) is 0 Å². The first-order valence-corrected chi connectivity index (χ1v) is 6.50. The number of ketones is 1. The third kappa shape index (κ3) is 3.07. The Bertz CT molecular complexity index is 384. The van der Waals surface area contributed by atoms with Crippen LogP contribution in [0.2, 0.25) is 0 Å². The molecule has 0 fully saturated rings. The van der Waals surface area contributed by atoms with E-state index in [9.17, 15) is 13.6 Å². The number of alkyl halides is 2. The van der Waals surface area contributed by atoms with E-state index in [-0.39, 0.29) is 0 Å². The number of Topliss-reactive ketones (excluding diaryl/α,β-unsaturated/α-hetero) is 1. The molecule has 0 spiro atoms. The van der Waals surface area contributed by atoms with Gasteiger partial charge in [0.15, 0.2) is 5.78 Å². The number of carbonyl (C=O) groups excluding carboxylic acids is 1. The van der Waals surface area contributed by atoms with Crippen molar-refractivity contribution in [3.63, 3.8) is 0 Å². The monoisotopic (exact) mass is 360 g/mol. The van der Waals surface area contributed by atoms with Gasteiger partial charge in [-0.05, 0) is 44.8 Å². The SMILES string of the molecule is CC(C(=O)c1cc(Br)sc1Br)C(C)(F)F. The lowest BCUT2D eigenvalue weighted by atomic mass is 9.96. The predicted molar refractivity (Wildman–Crippen MR) is 63.8 cm³/mol. The van der Waals surface area contributed by atoms with Crippen LogP contribution in [0.5, 0.6) is 0 Å². The van der Waals surface area contributed by atoms with Gasteiger partial charge in [-0.1, -0.05) is 0 Å². The van der Waals surface area contributed by atoms with Gasteiger partial charge in [-0.3, -0.25) is 4.79 Å². The minimum absolute atomic E-state index is 0.306. The fraction of sp³-hybridized carbons (Fsp3) is 0.444. The van der Waals surface area contributed by atoms with Crippen molar-refractivity contribution in [3.8, 4) is 0 Å². The van der Waals surface area contributed by atoms with Gasteiger partial charge in [-0.2, -0.15) is 0 Å². The second-order valence-corrected chi connectivity index (χ2v) is 7.03. The Morgan fingerprint density at radius 3 is 2.40 bits per heavy atom. The van der Waals surface area contributed by atoms with Crippen LogP contribution in [0.3, 0.4) is 0 Å². The van der Waals surface area contributed by atoms with Crippen LogP contribution in [-0.2, 0) is 0 Å². The zero-order valence-electron chi connectivity index (χ0n) is 7.98. The average Bonchev–Trinajstić information content (AvgIpc) is 2.41. The van der Waals surface area contributed by atoms with E-state index in [1.165, 1.54) is 18.3 Å². The maximum atomic E-state index is 12.9. The maximum Gasteiger partial charge on any atom is 0.255 e. The second-order valence-electron chi connectivity index (χ2n) is 3.28. The molecule has 0 amide bonds. The van der Waals surface area contributed by atoms with E-state index in [1.54, 1.807) is 6.07 Å². The Balaban J connectivity index is 3.00. The molecule has 0 N–H and O–H groups in total. The normalized spacial score (nSPS) is 14.0. The summed E-state index contributed by atoms with van der Waals surface area (Å²) >= 11 is 7.67. The Morgan fingerprint density at radius 2 is 2.07 bits per heavy atom. The molecule has 6 heteroatoms. The lowest BCUT2D eigenvalue weighted by Gasteiger charge is -2.17. The van der Waals surface area contributed by atoms with E-state index in [0.29, 0.717) is 9.35 Å². The van der Waals surface area contributed by atoms with E-state index in [1.807, 2.05) is 0 Å². The smallest absolute Gasteiger partial charge is 0.255 e. The second kappa shape index (κ2) is 4.59. The maximum absolute atomic E-state index is 12.9. The molecule has 1 aromatic rings. The van der Waals surface area contributed by atoms with Crippen LogP contribution >= 0.6 is 43.2 Å². The molecule has 0 aliphatic carbocycles. The molecule has 0 aromatic carbocycles. The van der Waals surface area contributed by atoms with E-state index in [2.05, 4.69) is 31.9 Å². The molecule has 1 rings (SSSR count). The van der Waals surface area contributed by atoms with E-state index >= 15 is 0 Å². The zero-order valence-corrected chi connectivity index (χ0v) is 12.0. The number of hydrogen-bond donors (Lipinski definition) is 0. The number of rotatable bonds is 3. The van der Waals surface area contributed by atoms with Gasteiger partial charge < -0.3 is 0 Å². The molecule has 0 saturated heterocycles. The quantitative estimate of drug-likeness (QED) is 0.710. The fourth-order valence-corrected chi connectivity index (χ4v) is 3.79. The molecule has 1 nitrogen and oxygen atoms in total. The van der Waals surface area contributed by atoms with Crippen molar-refractivity contribution >= 4 is 49.0 Å². The van der Waals surface area contributed by atoms with Crippen LogP contribution in [0, 0.1) is 5.92 Å². The van der Waals surface area contributed by atoms with Crippen LogP contribution < -0.4 is 0 Å². The number of carbonyl (C=O) groups is 1. The summed E-state index contributed by atoms with van der Waals surface area (Å²) in [4.78, 5) is 11.7. The molecule has 1 unspecified atom stereocenters. The van der Waals surface area contributed by atoms with Crippen LogP contribution in [0.1, 0.15) is 24.2 Å². The number of thiophene rings is 1. The topological polar surface area (TPSA) is 17.1 Å². The summed E-state index contributed by atoms with van der Waals surface area (Å²) in [7, 11) is 0. The molecular formula is C9H8Br2F2OS. The molecule has 0 saturated carbocycles. The van der Waals surface area contributed by atoms with Crippen molar-refractivity contribution < 1.29 is 13.6 Å². The van der Waals surface area contributed by atoms with Gasteiger partial charge >= 0.3 is 0 Å². The Labute approximate surface area is 107 Å². The van der Waals surface area contributed by atoms with Crippen LogP contribution in [-0.4, -0.2) is 11.7 Å². The molecule has 0 bridgehead atoms. The van der Waals surface area contributed by atoms with Gasteiger partial charge in [0.05, 0.1) is 13.5 Å². The number of hydrogen-bond acceptors (Lipinski definition) is 2. The summed E-state index contributed by atoms with van der Waals surface area (Å²) in [5.74, 6) is -4.85. The number of halogens is 4. The molecular weight excluding hydrogens is 354 g/mol. The van der Waals surface area contributed by atoms with Crippen LogP contribution in [0.25, 0.3) is 0 Å². The van der Waals surface area contributed by atoms with Gasteiger partial charge in [-0.15, -0.1) is 11.3 Å². The highest BCUT2D eigenvalue weighted by atomic mass is 79.9. The first kappa shape index (κ1) is 13.3. The van der Waals surface area contributed by atoms with E-state index in [0.717, 1.165) is 10.7 Å². The average molecular weight is 362 g/mol. The fourth-order valence-electron chi connectivity index (χ4n) is 0.972. The first-order valence-electron chi connectivity index (χ1n) is 4.10. The van der Waals surface area contributed by atoms with Gasteiger partial charge in [0.1, 0.15) is 0 Å². The zero-order chi connectivity index (χ0) is 11.8. The largest absolute Gasteiger partial charge is 0.294 e. The van der Waals surface area contributed by atoms with Crippen molar-refractivity contribution in [1.82, 2.24) is 0 Å². The van der Waals surface area contributed by atoms with Crippen molar-refractivity contribution in [1.29, 1.82) is 0 Å². The lowest BCUT2D eigenvalue weighted by molar-refractivity contribution is -0.0222. The summed E-state index contributed by atoms with van der Waals surface area (Å²) in [5, 5.41) is 0. The summed E-state index contributed by atoms with van der Waals surface area (Å²) in [6.07, 6.45) is 0. The summed E-state index contributed by atoms with van der Waals surface area (Å²) in [5.41, 5.74) is 0.306. The Morgan fingerprint density at radius 1 is 1.53 bits per heavy atom. The first-order chi connectivity index (χ1) is 6.73. The van der Waals surface area contributed by atoms with Crippen molar-refractivity contribution in [2.24, 2.45) is 5.92 Å². The molecule has 0 aliphatic heterocycles. The van der Waals surface area contributed by atoms with Gasteiger partial charge in [-0.25, -0.2) is 8.78 Å². The molecule has 1 atom stereocenters. The van der Waals surface area contributed by atoms with Crippen molar-refractivity contribution in [2.75, 3.05) is 0 Å². The van der Waals surface area contributed by atoms with Gasteiger partial charge in [0.25, 0.3) is 5.92 Å². The summed E-state index contributed by atoms with van der Waals surface area (Å²) < 4.78 is 27.2. The minimum Gasteiger partial charge on any atom is -0.294 e. The Hall–Kier alpha value is 0.190. The third-order valence-electron chi connectivity index (χ3n) is 2.08. The molecule has 1 heterocycles. The summed E-state index contributed by atoms with van der Waals surface area (Å²) in [6, 6.07) is 1.55. The summed E-state index contributed by atoms with van der Waals surface area (Å²) in [6.45, 7) is 1.99. The molecule has 15 heavy (non-hydrogen) atoms. The van der Waals surface area contributed by atoms with Crippen molar-refractivity contribution in [3.05, 3.63) is 19.2 Å². The predicted octanol–water partition coefficient (Wildman–Crippen LogP) is 4.75. The van der Waals surface area contributed by atoms with Crippen molar-refractivity contribution in [2.45, 2.75) is 19.8 Å². The third-order valence-corrected chi connectivity index (χ3v) is 4.42. The molecule has 0 aliphatic rings. The highest BCUT2D eigenvalue weighted by molar-refractivity contribution is 9.12.